The quantitative estimate of drug-likeness (QED) is 0.542. The third-order valence-corrected chi connectivity index (χ3v) is 6.34. The number of hydrogen-bond donors (Lipinski definition) is 3. The highest BCUT2D eigenvalue weighted by Gasteiger charge is 2.23. The van der Waals surface area contributed by atoms with E-state index in [-0.39, 0.29) is 23.7 Å². The summed E-state index contributed by atoms with van der Waals surface area (Å²) in [6.07, 6.45) is 4.12. The zero-order valence-corrected chi connectivity index (χ0v) is 17.8. The summed E-state index contributed by atoms with van der Waals surface area (Å²) in [6, 6.07) is 5.53. The number of carbonyl (C=O) groups is 1. The van der Waals surface area contributed by atoms with E-state index in [4.69, 9.17) is 11.5 Å². The number of carbonyl (C=O) groups excluding carboxylic acids is 1. The maximum absolute atomic E-state index is 12.9. The van der Waals surface area contributed by atoms with Crippen molar-refractivity contribution < 1.29 is 4.79 Å². The van der Waals surface area contributed by atoms with E-state index in [1.54, 1.807) is 17.8 Å². The summed E-state index contributed by atoms with van der Waals surface area (Å²) in [5.74, 6) is 1.95. The first kappa shape index (κ1) is 21.2. The number of nitrogens with one attached hydrogen (secondary N) is 1. The minimum absolute atomic E-state index is 0.0482. The molecule has 1 fully saturated rings. The molecule has 0 atom stereocenters. The van der Waals surface area contributed by atoms with Crippen LogP contribution in [0.4, 0.5) is 11.5 Å². The largest absolute Gasteiger partial charge is 0.393 e. The molecule has 156 valence electrons. The predicted molar refractivity (Wildman–Crippen MR) is 118 cm³/mol. The molecule has 0 saturated heterocycles. The summed E-state index contributed by atoms with van der Waals surface area (Å²) in [6.45, 7) is 4.19. The van der Waals surface area contributed by atoms with Gasteiger partial charge in [0.2, 0.25) is 5.91 Å². The fourth-order valence-electron chi connectivity index (χ4n) is 3.13. The zero-order valence-electron chi connectivity index (χ0n) is 17.0. The molecule has 1 saturated carbocycles. The molecule has 1 aliphatic carbocycles. The molecule has 1 amide bonds. The van der Waals surface area contributed by atoms with Crippen LogP contribution in [-0.4, -0.2) is 21.2 Å². The van der Waals surface area contributed by atoms with E-state index in [2.05, 4.69) is 17.2 Å². The summed E-state index contributed by atoms with van der Waals surface area (Å²) >= 11 is 1.65. The van der Waals surface area contributed by atoms with Gasteiger partial charge in [0.05, 0.1) is 0 Å². The van der Waals surface area contributed by atoms with Crippen molar-refractivity contribution in [3.8, 4) is 0 Å². The highest BCUT2D eigenvalue weighted by Crippen LogP contribution is 2.36. The maximum atomic E-state index is 12.9. The predicted octanol–water partition coefficient (Wildman–Crippen LogP) is 2.49. The normalized spacial score (nSPS) is 13.4. The second-order valence-corrected chi connectivity index (χ2v) is 8.63. The van der Waals surface area contributed by atoms with Crippen molar-refractivity contribution in [3.05, 3.63) is 45.5 Å². The number of rotatable bonds is 9. The standard InChI is InChI=1S/C21H29N5O2S/c1-3-4-16-9-17(29-12-14-5-6-14)20(23)21(28)26(16)11-19(27)24-10-15-7-8-18(22)25-13(15)2/h7-9,14H,3-6,10-12,23H2,1-2H3,(H2,22,25)(H,24,27). The summed E-state index contributed by atoms with van der Waals surface area (Å²) < 4.78 is 1.50. The van der Waals surface area contributed by atoms with Gasteiger partial charge in [-0.05, 0) is 49.8 Å². The van der Waals surface area contributed by atoms with E-state index < -0.39 is 0 Å². The highest BCUT2D eigenvalue weighted by molar-refractivity contribution is 7.99. The molecule has 0 radical (unpaired) electrons. The van der Waals surface area contributed by atoms with Crippen LogP contribution in [0.3, 0.4) is 0 Å². The second-order valence-electron chi connectivity index (χ2n) is 7.57. The van der Waals surface area contributed by atoms with Crippen molar-refractivity contribution in [3.63, 3.8) is 0 Å². The Morgan fingerprint density at radius 1 is 1.34 bits per heavy atom. The number of nitrogens with zero attached hydrogens (tertiary/aromatic N) is 2. The van der Waals surface area contributed by atoms with Crippen molar-refractivity contribution >= 4 is 29.2 Å². The number of nitrogen functional groups attached to an aromatic ring is 2. The number of amides is 1. The topological polar surface area (TPSA) is 116 Å². The van der Waals surface area contributed by atoms with Crippen molar-refractivity contribution in [1.82, 2.24) is 14.9 Å². The molecule has 1 aliphatic rings. The van der Waals surface area contributed by atoms with Crippen molar-refractivity contribution in [1.29, 1.82) is 0 Å². The fraction of sp³-hybridized carbons (Fsp3) is 0.476. The lowest BCUT2D eigenvalue weighted by molar-refractivity contribution is -0.121. The average Bonchev–Trinajstić information content (AvgIpc) is 3.50. The Kier molecular flexibility index (Phi) is 6.84. The number of pyridine rings is 2. The summed E-state index contributed by atoms with van der Waals surface area (Å²) in [4.78, 5) is 30.4. The van der Waals surface area contributed by atoms with Crippen LogP contribution < -0.4 is 22.3 Å². The summed E-state index contributed by atoms with van der Waals surface area (Å²) in [5.41, 5.74) is 14.3. The smallest absolute Gasteiger partial charge is 0.275 e. The number of aryl methyl sites for hydroxylation is 2. The van der Waals surface area contributed by atoms with E-state index >= 15 is 0 Å². The first-order chi connectivity index (χ1) is 13.9. The average molecular weight is 416 g/mol. The van der Waals surface area contributed by atoms with Crippen LogP contribution in [-0.2, 0) is 24.3 Å². The summed E-state index contributed by atoms with van der Waals surface area (Å²) in [5, 5.41) is 2.86. The third kappa shape index (κ3) is 5.53. The molecule has 0 aliphatic heterocycles. The van der Waals surface area contributed by atoms with Gasteiger partial charge in [0.25, 0.3) is 5.56 Å². The third-order valence-electron chi connectivity index (χ3n) is 5.06. The van der Waals surface area contributed by atoms with Crippen LogP contribution in [0, 0.1) is 12.8 Å². The van der Waals surface area contributed by atoms with E-state index in [9.17, 15) is 9.59 Å². The lowest BCUT2D eigenvalue weighted by Crippen LogP contribution is -2.35. The molecule has 3 rings (SSSR count). The fourth-order valence-corrected chi connectivity index (χ4v) is 4.34. The molecule has 0 aromatic carbocycles. The molecule has 2 heterocycles. The lowest BCUT2D eigenvalue weighted by atomic mass is 10.2. The minimum atomic E-state index is -0.283. The van der Waals surface area contributed by atoms with Gasteiger partial charge in [0, 0.05) is 28.6 Å². The van der Waals surface area contributed by atoms with Gasteiger partial charge in [-0.1, -0.05) is 19.4 Å². The van der Waals surface area contributed by atoms with Crippen LogP contribution >= 0.6 is 11.8 Å². The molecular weight excluding hydrogens is 386 g/mol. The van der Waals surface area contributed by atoms with Gasteiger partial charge in [0.1, 0.15) is 18.1 Å². The Morgan fingerprint density at radius 2 is 2.10 bits per heavy atom. The second kappa shape index (κ2) is 9.35. The lowest BCUT2D eigenvalue weighted by Gasteiger charge is -2.16. The molecule has 29 heavy (non-hydrogen) atoms. The Bertz CT molecular complexity index is 953. The molecule has 2 aromatic rings. The van der Waals surface area contributed by atoms with E-state index in [1.165, 1.54) is 17.4 Å². The van der Waals surface area contributed by atoms with Crippen molar-refractivity contribution in [2.24, 2.45) is 5.92 Å². The molecular formula is C21H29N5O2S. The van der Waals surface area contributed by atoms with E-state index in [1.807, 2.05) is 19.1 Å². The molecule has 0 spiro atoms. The van der Waals surface area contributed by atoms with Crippen LogP contribution in [0.2, 0.25) is 0 Å². The maximum Gasteiger partial charge on any atom is 0.275 e. The molecule has 5 N–H and O–H groups in total. The van der Waals surface area contributed by atoms with E-state index in [0.29, 0.717) is 12.4 Å². The van der Waals surface area contributed by atoms with E-state index in [0.717, 1.165) is 46.4 Å². The first-order valence-corrected chi connectivity index (χ1v) is 11.0. The highest BCUT2D eigenvalue weighted by atomic mass is 32.2. The monoisotopic (exact) mass is 415 g/mol. The Hall–Kier alpha value is -2.48. The van der Waals surface area contributed by atoms with Gasteiger partial charge in [-0.3, -0.25) is 9.59 Å². The van der Waals surface area contributed by atoms with Gasteiger partial charge in [-0.2, -0.15) is 0 Å². The van der Waals surface area contributed by atoms with Crippen LogP contribution in [0.25, 0.3) is 0 Å². The number of thioether (sulfide) groups is 1. The molecule has 8 heteroatoms. The number of aromatic nitrogens is 2. The van der Waals surface area contributed by atoms with Gasteiger partial charge in [-0.25, -0.2) is 4.98 Å². The Balaban J connectivity index is 1.73. The zero-order chi connectivity index (χ0) is 21.0. The number of anilines is 2. The Labute approximate surface area is 175 Å². The molecule has 0 unspecified atom stereocenters. The van der Waals surface area contributed by atoms with Crippen LogP contribution in [0.1, 0.15) is 43.1 Å². The van der Waals surface area contributed by atoms with Gasteiger partial charge >= 0.3 is 0 Å². The molecule has 0 bridgehead atoms. The first-order valence-electron chi connectivity index (χ1n) is 10.0. The van der Waals surface area contributed by atoms with Crippen LogP contribution in [0.5, 0.6) is 0 Å². The van der Waals surface area contributed by atoms with Gasteiger partial charge in [0.15, 0.2) is 0 Å². The molecule has 7 nitrogen and oxygen atoms in total. The summed E-state index contributed by atoms with van der Waals surface area (Å²) in [7, 11) is 0. The number of hydrogen-bond acceptors (Lipinski definition) is 6. The van der Waals surface area contributed by atoms with Crippen molar-refractivity contribution in [2.75, 3.05) is 17.2 Å². The SMILES string of the molecule is CCCc1cc(SCC2CC2)c(N)c(=O)n1CC(=O)NCc1ccc(N)nc1C. The van der Waals surface area contributed by atoms with Gasteiger partial charge in [-0.15, -0.1) is 11.8 Å². The van der Waals surface area contributed by atoms with Crippen molar-refractivity contribution in [2.45, 2.75) is 57.5 Å². The molecule has 2 aromatic heterocycles. The van der Waals surface area contributed by atoms with Gasteiger partial charge < -0.3 is 21.4 Å². The minimum Gasteiger partial charge on any atom is -0.393 e. The number of nitrogens with two attached hydrogens (primary N) is 2. The van der Waals surface area contributed by atoms with Crippen LogP contribution in [0.15, 0.2) is 27.9 Å². The Morgan fingerprint density at radius 3 is 2.76 bits per heavy atom.